The van der Waals surface area contributed by atoms with Crippen molar-refractivity contribution in [1.29, 1.82) is 0 Å². The van der Waals surface area contributed by atoms with Gasteiger partial charge in [0, 0.05) is 6.42 Å². The topological polar surface area (TPSA) is 61.6 Å². The zero-order valence-corrected chi connectivity index (χ0v) is 12.2. The van der Waals surface area contributed by atoms with Gasteiger partial charge < -0.3 is 9.47 Å². The maximum absolute atomic E-state index is 12.2. The number of hydrogen-bond acceptors (Lipinski definition) is 4. The highest BCUT2D eigenvalue weighted by atomic mass is 19.4. The summed E-state index contributed by atoms with van der Waals surface area (Å²) in [6.45, 7) is 0. The maximum atomic E-state index is 12.2. The molecule has 22 heavy (non-hydrogen) atoms. The molecule has 0 bridgehead atoms. The van der Waals surface area contributed by atoms with Gasteiger partial charge in [-0.1, -0.05) is 12.1 Å². The SMILES string of the molecule is COc1cccc2c1CCCC2CC(N)OC(=O)C(F)(F)F. The van der Waals surface area contributed by atoms with Crippen LogP contribution in [0.2, 0.25) is 0 Å². The molecule has 2 N–H and O–H groups in total. The fourth-order valence-electron chi connectivity index (χ4n) is 2.88. The first-order valence-electron chi connectivity index (χ1n) is 7.02. The van der Waals surface area contributed by atoms with E-state index < -0.39 is 18.4 Å². The Morgan fingerprint density at radius 2 is 2.18 bits per heavy atom. The second-order valence-electron chi connectivity index (χ2n) is 5.29. The summed E-state index contributed by atoms with van der Waals surface area (Å²) >= 11 is 0. The Labute approximate surface area is 126 Å². The van der Waals surface area contributed by atoms with Crippen LogP contribution >= 0.6 is 0 Å². The van der Waals surface area contributed by atoms with E-state index in [-0.39, 0.29) is 12.3 Å². The number of halogens is 3. The van der Waals surface area contributed by atoms with Crippen molar-refractivity contribution in [2.24, 2.45) is 5.73 Å². The normalized spacial score (nSPS) is 19.2. The van der Waals surface area contributed by atoms with E-state index in [4.69, 9.17) is 10.5 Å². The van der Waals surface area contributed by atoms with E-state index in [0.29, 0.717) is 0 Å². The Hall–Kier alpha value is -1.76. The van der Waals surface area contributed by atoms with Crippen molar-refractivity contribution in [3.05, 3.63) is 29.3 Å². The van der Waals surface area contributed by atoms with Crippen LogP contribution in [0, 0.1) is 0 Å². The molecule has 0 aliphatic heterocycles. The number of hydrogen-bond donors (Lipinski definition) is 1. The largest absolute Gasteiger partial charge is 0.496 e. The first kappa shape index (κ1) is 16.6. The van der Waals surface area contributed by atoms with Gasteiger partial charge in [-0.15, -0.1) is 0 Å². The van der Waals surface area contributed by atoms with Crippen LogP contribution in [0.25, 0.3) is 0 Å². The molecule has 0 saturated heterocycles. The van der Waals surface area contributed by atoms with Crippen LogP contribution in [0.4, 0.5) is 13.2 Å². The Bertz CT molecular complexity index is 545. The predicted octanol–water partition coefficient (Wildman–Crippen LogP) is 2.90. The molecule has 7 heteroatoms. The average molecular weight is 317 g/mol. The molecule has 0 spiro atoms. The van der Waals surface area contributed by atoms with Crippen molar-refractivity contribution in [3.63, 3.8) is 0 Å². The van der Waals surface area contributed by atoms with E-state index in [1.54, 1.807) is 7.11 Å². The van der Waals surface area contributed by atoms with Gasteiger partial charge in [0.15, 0.2) is 6.23 Å². The second kappa shape index (κ2) is 6.56. The molecule has 0 amide bonds. The van der Waals surface area contributed by atoms with E-state index in [1.807, 2.05) is 18.2 Å². The van der Waals surface area contributed by atoms with Crippen molar-refractivity contribution >= 4 is 5.97 Å². The Balaban J connectivity index is 2.08. The molecule has 0 heterocycles. The summed E-state index contributed by atoms with van der Waals surface area (Å²) in [5, 5.41) is 0. The van der Waals surface area contributed by atoms with Gasteiger partial charge >= 0.3 is 12.1 Å². The van der Waals surface area contributed by atoms with Gasteiger partial charge in [0.25, 0.3) is 0 Å². The van der Waals surface area contributed by atoms with Gasteiger partial charge in [0.1, 0.15) is 5.75 Å². The van der Waals surface area contributed by atoms with Crippen LogP contribution in [0.15, 0.2) is 18.2 Å². The van der Waals surface area contributed by atoms with Gasteiger partial charge in [0.2, 0.25) is 0 Å². The highest BCUT2D eigenvalue weighted by Crippen LogP contribution is 2.38. The van der Waals surface area contributed by atoms with Crippen LogP contribution in [0.1, 0.15) is 36.3 Å². The van der Waals surface area contributed by atoms with Crippen LogP contribution in [0.5, 0.6) is 5.75 Å². The second-order valence-corrected chi connectivity index (χ2v) is 5.29. The lowest BCUT2D eigenvalue weighted by Crippen LogP contribution is -2.36. The van der Waals surface area contributed by atoms with Crippen LogP contribution in [-0.4, -0.2) is 25.5 Å². The highest BCUT2D eigenvalue weighted by molar-refractivity contribution is 5.75. The van der Waals surface area contributed by atoms with E-state index in [0.717, 1.165) is 36.1 Å². The quantitative estimate of drug-likeness (QED) is 0.685. The fourth-order valence-corrected chi connectivity index (χ4v) is 2.88. The predicted molar refractivity (Wildman–Crippen MR) is 73.4 cm³/mol. The van der Waals surface area contributed by atoms with Crippen molar-refractivity contribution in [2.45, 2.75) is 44.0 Å². The lowest BCUT2D eigenvalue weighted by atomic mass is 9.80. The number of nitrogens with two attached hydrogens (primary N) is 1. The van der Waals surface area contributed by atoms with Gasteiger partial charge in [0.05, 0.1) is 7.11 Å². The minimum Gasteiger partial charge on any atom is -0.496 e. The third kappa shape index (κ3) is 3.71. The van der Waals surface area contributed by atoms with Crippen molar-refractivity contribution in [1.82, 2.24) is 0 Å². The van der Waals surface area contributed by atoms with Crippen molar-refractivity contribution in [3.8, 4) is 5.75 Å². The average Bonchev–Trinajstić information content (AvgIpc) is 2.45. The Morgan fingerprint density at radius 3 is 2.82 bits per heavy atom. The summed E-state index contributed by atoms with van der Waals surface area (Å²) in [6, 6.07) is 5.61. The third-order valence-electron chi connectivity index (χ3n) is 3.82. The smallest absolute Gasteiger partial charge is 0.490 e. The number of ether oxygens (including phenoxy) is 2. The molecule has 0 aromatic heterocycles. The maximum Gasteiger partial charge on any atom is 0.490 e. The van der Waals surface area contributed by atoms with Gasteiger partial charge in [-0.3, -0.25) is 5.73 Å². The lowest BCUT2D eigenvalue weighted by molar-refractivity contribution is -0.205. The van der Waals surface area contributed by atoms with E-state index in [9.17, 15) is 18.0 Å². The summed E-state index contributed by atoms with van der Waals surface area (Å²) < 4.78 is 46.1. The molecule has 122 valence electrons. The number of rotatable bonds is 4. The molecule has 1 aliphatic rings. The molecule has 2 atom stereocenters. The zero-order valence-electron chi connectivity index (χ0n) is 12.2. The van der Waals surface area contributed by atoms with Crippen molar-refractivity contribution in [2.75, 3.05) is 7.11 Å². The molecule has 1 aromatic rings. The molecular weight excluding hydrogens is 299 g/mol. The molecule has 1 aromatic carbocycles. The van der Waals surface area contributed by atoms with E-state index in [1.165, 1.54) is 0 Å². The summed E-state index contributed by atoms with van der Waals surface area (Å²) in [6.07, 6.45) is -3.62. The fraction of sp³-hybridized carbons (Fsp3) is 0.533. The monoisotopic (exact) mass is 317 g/mol. The minimum atomic E-state index is -5.02. The molecular formula is C15H18F3NO3. The molecule has 0 radical (unpaired) electrons. The van der Waals surface area contributed by atoms with E-state index in [2.05, 4.69) is 4.74 Å². The summed E-state index contributed by atoms with van der Waals surface area (Å²) in [4.78, 5) is 10.8. The van der Waals surface area contributed by atoms with Gasteiger partial charge in [-0.05, 0) is 42.4 Å². The first-order valence-corrected chi connectivity index (χ1v) is 7.02. The molecule has 0 saturated carbocycles. The van der Waals surface area contributed by atoms with Crippen LogP contribution in [0.3, 0.4) is 0 Å². The van der Waals surface area contributed by atoms with Crippen LogP contribution < -0.4 is 10.5 Å². The Morgan fingerprint density at radius 1 is 1.45 bits per heavy atom. The van der Waals surface area contributed by atoms with Gasteiger partial charge in [-0.25, -0.2) is 4.79 Å². The van der Waals surface area contributed by atoms with Crippen molar-refractivity contribution < 1.29 is 27.4 Å². The number of carbonyl (C=O) groups is 1. The number of esters is 1. The summed E-state index contributed by atoms with van der Waals surface area (Å²) in [7, 11) is 1.58. The highest BCUT2D eigenvalue weighted by Gasteiger charge is 2.42. The zero-order chi connectivity index (χ0) is 16.3. The minimum absolute atomic E-state index is 0.0464. The molecule has 2 unspecified atom stereocenters. The van der Waals surface area contributed by atoms with Gasteiger partial charge in [-0.2, -0.15) is 13.2 Å². The molecule has 1 aliphatic carbocycles. The third-order valence-corrected chi connectivity index (χ3v) is 3.82. The number of methoxy groups -OCH3 is 1. The summed E-state index contributed by atoms with van der Waals surface area (Å²) in [5.74, 6) is -1.53. The molecule has 4 nitrogen and oxygen atoms in total. The number of alkyl halides is 3. The number of benzene rings is 1. The number of fused-ring (bicyclic) bond motifs is 1. The number of carbonyl (C=O) groups excluding carboxylic acids is 1. The van der Waals surface area contributed by atoms with Crippen LogP contribution in [-0.2, 0) is 16.0 Å². The summed E-state index contributed by atoms with van der Waals surface area (Å²) in [5.41, 5.74) is 7.61. The molecule has 0 fully saturated rings. The Kier molecular flexibility index (Phi) is 4.95. The standard InChI is InChI=1S/C15H18F3NO3/c1-21-12-7-3-5-10-9(4-2-6-11(10)12)8-13(19)22-14(20)15(16,17)18/h3,5,7,9,13H,2,4,6,8,19H2,1H3. The van der Waals surface area contributed by atoms with E-state index >= 15 is 0 Å². The first-order chi connectivity index (χ1) is 10.3. The lowest BCUT2D eigenvalue weighted by Gasteiger charge is -2.28. The molecule has 2 rings (SSSR count).